The van der Waals surface area contributed by atoms with E-state index < -0.39 is 0 Å². The van der Waals surface area contributed by atoms with Crippen LogP contribution in [0.25, 0.3) is 101 Å². The van der Waals surface area contributed by atoms with Crippen molar-refractivity contribution in [3.05, 3.63) is 387 Å². The summed E-state index contributed by atoms with van der Waals surface area (Å²) < 4.78 is 25.5. The molecule has 0 spiro atoms. The topological polar surface area (TPSA) is 59.0 Å². The van der Waals surface area contributed by atoms with Gasteiger partial charge in [-0.05, 0) is 177 Å². The molecular formula is C104H72B4N2O4. The van der Waals surface area contributed by atoms with Gasteiger partial charge in [0.25, 0.3) is 0 Å². The van der Waals surface area contributed by atoms with Gasteiger partial charge in [0.15, 0.2) is 0 Å². The van der Waals surface area contributed by atoms with Crippen molar-refractivity contribution in [1.29, 1.82) is 0 Å². The first kappa shape index (κ1) is 67.0. The number of furan rings is 4. The Morgan fingerprint density at radius 1 is 0.193 bits per heavy atom. The Morgan fingerprint density at radius 2 is 0.500 bits per heavy atom. The van der Waals surface area contributed by atoms with Crippen molar-refractivity contribution in [2.75, 3.05) is 9.80 Å². The van der Waals surface area contributed by atoms with Gasteiger partial charge in [0.05, 0.1) is 0 Å². The highest BCUT2D eigenvalue weighted by atomic mass is 16.4. The van der Waals surface area contributed by atoms with Crippen LogP contribution in [0, 0.1) is 27.7 Å². The number of hydrogen-bond donors (Lipinski definition) is 0. The minimum Gasteiger partial charge on any atom is -0.461 e. The second kappa shape index (κ2) is 26.9. The van der Waals surface area contributed by atoms with Crippen molar-refractivity contribution in [2.45, 2.75) is 27.7 Å². The molecule has 18 aromatic rings. The van der Waals surface area contributed by atoms with Crippen LogP contribution in [0.3, 0.4) is 0 Å². The molecule has 8 heterocycles. The van der Waals surface area contributed by atoms with Gasteiger partial charge in [-0.1, -0.05) is 325 Å². The molecule has 0 aliphatic carbocycles. The maximum atomic E-state index is 6.71. The van der Waals surface area contributed by atoms with E-state index in [2.05, 4.69) is 369 Å². The Labute approximate surface area is 665 Å². The predicted octanol–water partition coefficient (Wildman–Crippen LogP) is 18.6. The molecule has 10 heteroatoms. The first-order valence-electron chi connectivity index (χ1n) is 39.5. The maximum absolute atomic E-state index is 6.71. The minimum atomic E-state index is -0.0666. The summed E-state index contributed by atoms with van der Waals surface area (Å²) in [5, 5.41) is 0. The van der Waals surface area contributed by atoms with Gasteiger partial charge in [-0.3, -0.25) is 0 Å². The molecule has 6 nitrogen and oxygen atoms in total. The van der Waals surface area contributed by atoms with Gasteiger partial charge < -0.3 is 27.5 Å². The fourth-order valence-corrected chi connectivity index (χ4v) is 19.0. The summed E-state index contributed by atoms with van der Waals surface area (Å²) in [5.41, 5.74) is 38.0. The summed E-state index contributed by atoms with van der Waals surface area (Å²) in [6.07, 6.45) is 0. The number of fused-ring (bicyclic) bond motifs is 8. The zero-order chi connectivity index (χ0) is 75.8. The molecule has 4 aliphatic rings. The van der Waals surface area contributed by atoms with Crippen molar-refractivity contribution >= 4 is 127 Å². The molecule has 0 fully saturated rings. The zero-order valence-electron chi connectivity index (χ0n) is 63.5. The zero-order valence-corrected chi connectivity index (χ0v) is 63.5. The molecule has 0 atom stereocenters. The molecule has 14 aromatic carbocycles. The monoisotopic (exact) mass is 1460 g/mol. The van der Waals surface area contributed by atoms with Crippen molar-refractivity contribution in [2.24, 2.45) is 0 Å². The summed E-state index contributed by atoms with van der Waals surface area (Å²) in [6.45, 7) is 8.04. The van der Waals surface area contributed by atoms with Crippen LogP contribution < -0.4 is 75.4 Å². The number of hydrogen-bond acceptors (Lipinski definition) is 6. The molecule has 4 aromatic heterocycles. The number of para-hydroxylation sites is 3. The van der Waals surface area contributed by atoms with Crippen LogP contribution in [0.2, 0.25) is 0 Å². The molecule has 0 unspecified atom stereocenters. The van der Waals surface area contributed by atoms with Gasteiger partial charge >= 0.3 is 0 Å². The van der Waals surface area contributed by atoms with Crippen LogP contribution in [0.4, 0.5) is 34.1 Å². The highest BCUT2D eigenvalue weighted by Gasteiger charge is 2.46. The van der Waals surface area contributed by atoms with Crippen LogP contribution in [0.5, 0.6) is 0 Å². The maximum Gasteiger partial charge on any atom is 0.246 e. The second-order valence-corrected chi connectivity index (χ2v) is 31.0. The summed E-state index contributed by atoms with van der Waals surface area (Å²) >= 11 is 0. The molecule has 0 saturated heterocycles. The summed E-state index contributed by atoms with van der Waals surface area (Å²) in [5.74, 6) is 6.85. The van der Waals surface area contributed by atoms with E-state index in [1.807, 2.05) is 32.0 Å². The van der Waals surface area contributed by atoms with Gasteiger partial charge in [-0.15, -0.1) is 0 Å². The molecule has 0 N–H and O–H groups in total. The first-order chi connectivity index (χ1) is 56.1. The number of anilines is 6. The lowest BCUT2D eigenvalue weighted by molar-refractivity contribution is 0.544. The quantitative estimate of drug-likeness (QED) is 0.107. The third-order valence-electron chi connectivity index (χ3n) is 24.3. The number of nitrogens with zero attached hydrogens (tertiary/aromatic N) is 2. The predicted molar refractivity (Wildman–Crippen MR) is 477 cm³/mol. The van der Waals surface area contributed by atoms with Crippen molar-refractivity contribution in [1.82, 2.24) is 0 Å². The largest absolute Gasteiger partial charge is 0.461 e. The van der Waals surface area contributed by atoms with E-state index in [1.165, 1.54) is 116 Å². The Hall–Kier alpha value is -13.9. The third-order valence-corrected chi connectivity index (χ3v) is 24.3. The summed E-state index contributed by atoms with van der Waals surface area (Å²) in [7, 11) is 0. The highest BCUT2D eigenvalue weighted by molar-refractivity contribution is 7.03. The van der Waals surface area contributed by atoms with Gasteiger partial charge in [0.2, 0.25) is 26.9 Å². The Morgan fingerprint density at radius 3 is 0.930 bits per heavy atom. The van der Waals surface area contributed by atoms with Crippen LogP contribution in [-0.4, -0.2) is 26.9 Å². The van der Waals surface area contributed by atoms with E-state index in [9.17, 15) is 0 Å². The summed E-state index contributed by atoms with van der Waals surface area (Å²) in [6, 6.07) is 134. The lowest BCUT2D eigenvalue weighted by Gasteiger charge is -2.44. The van der Waals surface area contributed by atoms with Gasteiger partial charge in [-0.2, -0.15) is 0 Å². The third kappa shape index (κ3) is 11.1. The fourth-order valence-electron chi connectivity index (χ4n) is 19.0. The lowest BCUT2D eigenvalue weighted by atomic mass is 9.30. The summed E-state index contributed by atoms with van der Waals surface area (Å²) in [4.78, 5) is 5.11. The number of aryl methyl sites for hydroxylation is 4. The molecule has 0 amide bonds. The average molecular weight is 1460 g/mol. The van der Waals surface area contributed by atoms with Crippen molar-refractivity contribution < 1.29 is 17.7 Å². The van der Waals surface area contributed by atoms with Crippen LogP contribution in [0.1, 0.15) is 23.0 Å². The van der Waals surface area contributed by atoms with Crippen LogP contribution in [0.15, 0.2) is 382 Å². The van der Waals surface area contributed by atoms with Gasteiger partial charge in [0, 0.05) is 67.5 Å². The Bertz CT molecular complexity index is 6800. The van der Waals surface area contributed by atoms with Crippen molar-refractivity contribution in [3.8, 4) is 101 Å². The second-order valence-electron chi connectivity index (χ2n) is 31.0. The molecule has 0 bridgehead atoms. The van der Waals surface area contributed by atoms with Gasteiger partial charge in [0.1, 0.15) is 46.1 Å². The minimum absolute atomic E-state index is 0.0103. The molecule has 534 valence electrons. The van der Waals surface area contributed by atoms with Gasteiger partial charge in [-0.25, -0.2) is 0 Å². The smallest absolute Gasteiger partial charge is 0.246 e. The molecule has 114 heavy (non-hydrogen) atoms. The van der Waals surface area contributed by atoms with E-state index in [-0.39, 0.29) is 26.9 Å². The van der Waals surface area contributed by atoms with E-state index in [4.69, 9.17) is 17.7 Å². The SMILES string of the molecule is Cc1ccc(-c2ccc(-c3cccc(B4c5ccccc5N5c6ccc(-c7ccc(-c8cc(-c9cc(-c%10ccc(-c%11ccc%12c(c%11)B(c%11ccccc%11)c%11cc(-c%13ccc(-c%14ccc(C)o%14)cc%13)cc%13c%11N%12c%11ccccc%11B%13c%11ccccc%11)cc%10)oc9C)c(C)o8)cc7)cc6B(c6ccccc6)c6cccc4c65)c3)cc2)o1. The van der Waals surface area contributed by atoms with Crippen molar-refractivity contribution in [3.63, 3.8) is 0 Å². The molecule has 4 aliphatic heterocycles. The van der Waals surface area contributed by atoms with Crippen LogP contribution in [-0.2, 0) is 0 Å². The van der Waals surface area contributed by atoms with E-state index in [0.29, 0.717) is 0 Å². The normalized spacial score (nSPS) is 12.8. The van der Waals surface area contributed by atoms with E-state index in [1.54, 1.807) is 0 Å². The molecular weight excluding hydrogens is 1380 g/mol. The number of rotatable bonds is 13. The molecule has 0 radical (unpaired) electrons. The lowest BCUT2D eigenvalue weighted by Crippen LogP contribution is -2.65. The molecule has 0 saturated carbocycles. The van der Waals surface area contributed by atoms with E-state index in [0.717, 1.165) is 107 Å². The fraction of sp³-hybridized carbons (Fsp3) is 0.0385. The first-order valence-corrected chi connectivity index (χ1v) is 39.5. The average Bonchev–Trinajstić information content (AvgIpc) is 1.29. The van der Waals surface area contributed by atoms with Crippen LogP contribution >= 0.6 is 0 Å². The van der Waals surface area contributed by atoms with E-state index >= 15 is 0 Å². The molecule has 22 rings (SSSR count). The Balaban J connectivity index is 0.558. The standard InChI is InChI=1S/C104H72B4N2O4/c1-65-34-56-99(111-65)73-44-36-69(37-45-73)77-20-18-27-84(58-77)108-88-29-15-17-33-96(88)109-97-54-52-78(59-91(97)106(82-23-10-6-11-24-82)89-30-19-31-90(108)103(89)109)70-38-48-75(49-39-70)101-63-85(67(3)113-101)86-64-102(114-68(86)4)76-50-40-71(41-51-76)79-53-55-98-92(60-79)107(83-25-12-7-13-26-83)94-62-80(72-42-46-74(47-43-72)100-57-35-66(2)112-100)61-93-104(94)110(98)95-32-16-14-28-87(95)105(93)81-21-8-5-9-22-81/h5-64H,1-4H3. The highest BCUT2D eigenvalue weighted by Crippen LogP contribution is 2.44. The number of benzene rings is 14. The Kier molecular flexibility index (Phi) is 15.8.